The number of carbonyl (C=O) groups is 1. The topological polar surface area (TPSA) is 101 Å². The van der Waals surface area contributed by atoms with E-state index in [9.17, 15) is 31.5 Å². The predicted octanol–water partition coefficient (Wildman–Crippen LogP) is 4.24. The van der Waals surface area contributed by atoms with Gasteiger partial charge in [0, 0.05) is 5.92 Å². The number of nitrogens with one attached hydrogen (secondary N) is 1. The van der Waals surface area contributed by atoms with E-state index in [0.29, 0.717) is 12.8 Å². The molecule has 7 nitrogen and oxygen atoms in total. The van der Waals surface area contributed by atoms with Crippen LogP contribution in [0, 0.1) is 0 Å². The summed E-state index contributed by atoms with van der Waals surface area (Å²) in [5.41, 5.74) is -0.976. The van der Waals surface area contributed by atoms with Crippen LogP contribution in [0.25, 0.3) is 0 Å². The van der Waals surface area contributed by atoms with Crippen LogP contribution in [-0.4, -0.2) is 35.0 Å². The number of carbonyl (C=O) groups excluding carboxylic acids is 1. The van der Waals surface area contributed by atoms with Crippen molar-refractivity contribution in [1.82, 2.24) is 9.78 Å². The van der Waals surface area contributed by atoms with E-state index in [2.05, 4.69) is 26.3 Å². The van der Waals surface area contributed by atoms with Gasteiger partial charge in [-0.2, -0.15) is 18.3 Å². The van der Waals surface area contributed by atoms with Gasteiger partial charge in [-0.3, -0.25) is 9.48 Å². The van der Waals surface area contributed by atoms with E-state index in [1.54, 1.807) is 0 Å². The summed E-state index contributed by atoms with van der Waals surface area (Å²) in [6, 6.07) is 2.31. The third-order valence-electron chi connectivity index (χ3n) is 4.83. The second kappa shape index (κ2) is 7.88. The second-order valence-electron chi connectivity index (χ2n) is 7.01. The molecule has 12 heteroatoms. The van der Waals surface area contributed by atoms with Crippen molar-refractivity contribution >= 4 is 37.4 Å². The van der Waals surface area contributed by atoms with E-state index in [4.69, 9.17) is 0 Å². The molecule has 2 N–H and O–H groups in total. The number of amides is 1. The lowest BCUT2D eigenvalue weighted by Gasteiger charge is -2.17. The van der Waals surface area contributed by atoms with Crippen LogP contribution < -0.4 is 5.32 Å². The molecule has 164 valence electrons. The van der Waals surface area contributed by atoms with E-state index < -0.39 is 33.7 Å². The average Bonchev–Trinajstić information content (AvgIpc) is 3.43. The van der Waals surface area contributed by atoms with Gasteiger partial charge >= 0.3 is 6.18 Å². The van der Waals surface area contributed by atoms with Crippen LogP contribution in [0.1, 0.15) is 50.0 Å². The standard InChI is InChI=1S/C18H19BrF3N3O4S/c1-3-30(28,29)11-6-7-13(26)12(8-11)23-17(27)9(2)25-15(10-4-5-10)14(19)16(24-25)18(20,21)22/h6-10,26H,3-5H2,1-2H3,(H,23,27). The number of phenolic OH excluding ortho intramolecular Hbond substituents is 1. The molecule has 0 saturated heterocycles. The van der Waals surface area contributed by atoms with Crippen molar-refractivity contribution in [3.63, 3.8) is 0 Å². The molecule has 1 aromatic heterocycles. The molecular formula is C18H19BrF3N3O4S. The number of sulfone groups is 1. The van der Waals surface area contributed by atoms with E-state index in [0.717, 1.165) is 16.8 Å². The predicted molar refractivity (Wildman–Crippen MR) is 106 cm³/mol. The van der Waals surface area contributed by atoms with Crippen LogP contribution in [0.15, 0.2) is 27.6 Å². The molecule has 0 spiro atoms. The number of nitrogens with zero attached hydrogens (tertiary/aromatic N) is 2. The zero-order chi connectivity index (χ0) is 22.4. The largest absolute Gasteiger partial charge is 0.506 e. The Hall–Kier alpha value is -2.08. The number of hydrogen-bond acceptors (Lipinski definition) is 5. The Morgan fingerprint density at radius 2 is 2.03 bits per heavy atom. The van der Waals surface area contributed by atoms with Crippen LogP contribution in [0.5, 0.6) is 5.75 Å². The highest BCUT2D eigenvalue weighted by Crippen LogP contribution is 2.47. The van der Waals surface area contributed by atoms with Gasteiger partial charge < -0.3 is 10.4 Å². The van der Waals surface area contributed by atoms with E-state index in [1.807, 2.05) is 0 Å². The number of benzene rings is 1. The smallest absolute Gasteiger partial charge is 0.436 e. The molecule has 1 amide bonds. The lowest BCUT2D eigenvalue weighted by atomic mass is 10.2. The van der Waals surface area contributed by atoms with Crippen LogP contribution in [0.3, 0.4) is 0 Å². The second-order valence-corrected chi connectivity index (χ2v) is 10.1. The molecule has 2 aromatic rings. The van der Waals surface area contributed by atoms with Crippen LogP contribution in [-0.2, 0) is 20.8 Å². The summed E-state index contributed by atoms with van der Waals surface area (Å²) in [5.74, 6) is -1.43. The molecular weight excluding hydrogens is 491 g/mol. The zero-order valence-electron chi connectivity index (χ0n) is 16.0. The molecule has 30 heavy (non-hydrogen) atoms. The third kappa shape index (κ3) is 4.34. The van der Waals surface area contributed by atoms with Crippen molar-refractivity contribution in [3.8, 4) is 5.75 Å². The van der Waals surface area contributed by atoms with Crippen LogP contribution >= 0.6 is 15.9 Å². The first-order valence-corrected chi connectivity index (χ1v) is 11.5. The van der Waals surface area contributed by atoms with Crippen molar-refractivity contribution in [3.05, 3.63) is 34.1 Å². The molecule has 1 fully saturated rings. The minimum Gasteiger partial charge on any atom is -0.506 e. The molecule has 0 bridgehead atoms. The number of aromatic nitrogens is 2. The SMILES string of the molecule is CCS(=O)(=O)c1ccc(O)c(NC(=O)C(C)n2nc(C(F)(F)F)c(Br)c2C2CC2)c1. The highest BCUT2D eigenvalue weighted by atomic mass is 79.9. The number of halogens is 4. The molecule has 0 aliphatic heterocycles. The van der Waals surface area contributed by atoms with Crippen LogP contribution in [0.2, 0.25) is 0 Å². The number of hydrogen-bond donors (Lipinski definition) is 2. The third-order valence-corrected chi connectivity index (χ3v) is 7.35. The maximum absolute atomic E-state index is 13.3. The maximum Gasteiger partial charge on any atom is 0.436 e. The first kappa shape index (κ1) is 22.6. The van der Waals surface area contributed by atoms with Gasteiger partial charge in [-0.05, 0) is 53.9 Å². The van der Waals surface area contributed by atoms with Gasteiger partial charge in [0.1, 0.15) is 11.8 Å². The highest BCUT2D eigenvalue weighted by Gasteiger charge is 2.43. The Labute approximate surface area is 179 Å². The Morgan fingerprint density at radius 3 is 2.57 bits per heavy atom. The molecule has 1 saturated carbocycles. The maximum atomic E-state index is 13.3. The molecule has 1 unspecified atom stereocenters. The fraction of sp³-hybridized carbons (Fsp3) is 0.444. The van der Waals surface area contributed by atoms with Crippen molar-refractivity contribution in [2.45, 2.75) is 49.7 Å². The minimum absolute atomic E-state index is 0.0920. The summed E-state index contributed by atoms with van der Waals surface area (Å²) in [5, 5.41) is 16.0. The van der Waals surface area contributed by atoms with Gasteiger partial charge in [0.25, 0.3) is 0 Å². The molecule has 1 heterocycles. The van der Waals surface area contributed by atoms with Gasteiger partial charge in [0.05, 0.1) is 26.5 Å². The highest BCUT2D eigenvalue weighted by molar-refractivity contribution is 9.10. The number of alkyl halides is 3. The zero-order valence-corrected chi connectivity index (χ0v) is 18.4. The summed E-state index contributed by atoms with van der Waals surface area (Å²) in [4.78, 5) is 12.6. The lowest BCUT2D eigenvalue weighted by molar-refractivity contribution is -0.142. The first-order valence-electron chi connectivity index (χ1n) is 9.08. The Morgan fingerprint density at radius 1 is 1.40 bits per heavy atom. The van der Waals surface area contributed by atoms with Gasteiger partial charge in [0.2, 0.25) is 5.91 Å². The quantitative estimate of drug-likeness (QED) is 0.567. The Bertz CT molecular complexity index is 1090. The number of aromatic hydroxyl groups is 1. The lowest BCUT2D eigenvalue weighted by Crippen LogP contribution is -2.26. The van der Waals surface area contributed by atoms with Crippen molar-refractivity contribution in [1.29, 1.82) is 0 Å². The Kier molecular flexibility index (Phi) is 5.93. The molecule has 1 aromatic carbocycles. The van der Waals surface area contributed by atoms with Gasteiger partial charge in [-0.25, -0.2) is 8.42 Å². The monoisotopic (exact) mass is 509 g/mol. The summed E-state index contributed by atoms with van der Waals surface area (Å²) in [6.45, 7) is 2.83. The summed E-state index contributed by atoms with van der Waals surface area (Å²) >= 11 is 2.97. The summed E-state index contributed by atoms with van der Waals surface area (Å²) in [7, 11) is -3.59. The average molecular weight is 510 g/mol. The number of anilines is 1. The van der Waals surface area contributed by atoms with E-state index in [-0.39, 0.29) is 38.2 Å². The minimum atomic E-state index is -4.69. The summed E-state index contributed by atoms with van der Waals surface area (Å²) < 4.78 is 64.8. The van der Waals surface area contributed by atoms with Crippen molar-refractivity contribution < 1.29 is 31.5 Å². The molecule has 1 aliphatic rings. The van der Waals surface area contributed by atoms with Crippen molar-refractivity contribution in [2.24, 2.45) is 0 Å². The first-order chi connectivity index (χ1) is 13.9. The molecule has 1 aliphatic carbocycles. The fourth-order valence-corrected chi connectivity index (χ4v) is 4.67. The normalized spacial score (nSPS) is 15.8. The molecule has 0 radical (unpaired) electrons. The number of rotatable bonds is 6. The van der Waals surface area contributed by atoms with Crippen LogP contribution in [0.4, 0.5) is 18.9 Å². The molecule has 3 rings (SSSR count). The Balaban J connectivity index is 1.93. The van der Waals surface area contributed by atoms with Gasteiger partial charge in [0.15, 0.2) is 15.5 Å². The van der Waals surface area contributed by atoms with Gasteiger partial charge in [-0.1, -0.05) is 6.92 Å². The fourth-order valence-electron chi connectivity index (χ4n) is 2.95. The number of phenols is 1. The van der Waals surface area contributed by atoms with E-state index >= 15 is 0 Å². The molecule has 1 atom stereocenters. The summed E-state index contributed by atoms with van der Waals surface area (Å²) in [6.07, 6.45) is -3.31. The van der Waals surface area contributed by atoms with E-state index in [1.165, 1.54) is 19.9 Å². The van der Waals surface area contributed by atoms with Gasteiger partial charge in [-0.15, -0.1) is 0 Å². The van der Waals surface area contributed by atoms with Crippen molar-refractivity contribution in [2.75, 3.05) is 11.1 Å².